The van der Waals surface area contributed by atoms with Crippen molar-refractivity contribution >= 4 is 22.6 Å². The van der Waals surface area contributed by atoms with Gasteiger partial charge in [0.2, 0.25) is 0 Å². The van der Waals surface area contributed by atoms with Crippen molar-refractivity contribution in [1.29, 1.82) is 0 Å². The molecule has 9 heteroatoms. The van der Waals surface area contributed by atoms with E-state index < -0.39 is 38.8 Å². The van der Waals surface area contributed by atoms with Gasteiger partial charge >= 0.3 is 6.18 Å². The SMILES string of the molecule is CC(C)(C)S(=O)NC(Cc1ccccc1)(c1cc(F)cc(C(F)(F)F)c1)c1ccc(Cl)cn1. The normalized spacial score (nSPS) is 15.2. The summed E-state index contributed by atoms with van der Waals surface area (Å²) >= 11 is 6.00. The van der Waals surface area contributed by atoms with Crippen molar-refractivity contribution < 1.29 is 21.8 Å². The first-order chi connectivity index (χ1) is 15.3. The second kappa shape index (κ2) is 9.52. The molecule has 3 aromatic rings. The molecule has 0 fully saturated rings. The van der Waals surface area contributed by atoms with E-state index in [2.05, 4.69) is 9.71 Å². The van der Waals surface area contributed by atoms with Crippen molar-refractivity contribution in [3.8, 4) is 0 Å². The average molecular weight is 499 g/mol. The van der Waals surface area contributed by atoms with Crippen LogP contribution in [-0.2, 0) is 29.1 Å². The lowest BCUT2D eigenvalue weighted by atomic mass is 9.81. The molecule has 2 atom stereocenters. The van der Waals surface area contributed by atoms with E-state index in [1.165, 1.54) is 18.3 Å². The van der Waals surface area contributed by atoms with Gasteiger partial charge in [0.15, 0.2) is 0 Å². The Morgan fingerprint density at radius 2 is 1.61 bits per heavy atom. The number of rotatable bonds is 6. The summed E-state index contributed by atoms with van der Waals surface area (Å²) in [6, 6.07) is 14.3. The van der Waals surface area contributed by atoms with Gasteiger partial charge in [-0.1, -0.05) is 41.9 Å². The third kappa shape index (κ3) is 5.99. The Morgan fingerprint density at radius 1 is 0.970 bits per heavy atom. The van der Waals surface area contributed by atoms with Crippen molar-refractivity contribution in [2.24, 2.45) is 0 Å². The van der Waals surface area contributed by atoms with Gasteiger partial charge in [-0.25, -0.2) is 13.3 Å². The molecule has 2 unspecified atom stereocenters. The van der Waals surface area contributed by atoms with Crippen LogP contribution in [0, 0.1) is 5.82 Å². The summed E-state index contributed by atoms with van der Waals surface area (Å²) in [7, 11) is -1.75. The van der Waals surface area contributed by atoms with Gasteiger partial charge in [0.05, 0.1) is 32.0 Å². The summed E-state index contributed by atoms with van der Waals surface area (Å²) in [6.45, 7) is 5.18. The lowest BCUT2D eigenvalue weighted by molar-refractivity contribution is -0.137. The highest BCUT2D eigenvalue weighted by Gasteiger charge is 2.42. The van der Waals surface area contributed by atoms with Gasteiger partial charge in [0.1, 0.15) is 11.4 Å². The molecule has 3 nitrogen and oxygen atoms in total. The molecule has 2 aromatic carbocycles. The van der Waals surface area contributed by atoms with Gasteiger partial charge in [-0.15, -0.1) is 0 Å². The second-order valence-corrected chi connectivity index (χ2v) is 11.0. The van der Waals surface area contributed by atoms with Crippen LogP contribution in [0.5, 0.6) is 0 Å². The number of aromatic nitrogens is 1. The van der Waals surface area contributed by atoms with E-state index in [0.717, 1.165) is 17.7 Å². The fraction of sp³-hybridized carbons (Fsp3) is 0.292. The number of benzene rings is 2. The Hall–Kier alpha value is -2.29. The zero-order valence-corrected chi connectivity index (χ0v) is 19.8. The highest BCUT2D eigenvalue weighted by atomic mass is 35.5. The van der Waals surface area contributed by atoms with Crippen LogP contribution < -0.4 is 4.72 Å². The molecular formula is C24H23ClF4N2OS. The summed E-state index contributed by atoms with van der Waals surface area (Å²) in [4.78, 5) is 4.35. The van der Waals surface area contributed by atoms with Crippen molar-refractivity contribution in [3.05, 3.63) is 100 Å². The van der Waals surface area contributed by atoms with Gasteiger partial charge in [0, 0.05) is 12.6 Å². The molecule has 0 saturated carbocycles. The lowest BCUT2D eigenvalue weighted by Crippen LogP contribution is -2.51. The van der Waals surface area contributed by atoms with Crippen LogP contribution in [0.25, 0.3) is 0 Å². The molecule has 0 saturated heterocycles. The third-order valence-electron chi connectivity index (χ3n) is 5.02. The maximum absolute atomic E-state index is 14.5. The molecule has 0 aliphatic carbocycles. The Labute approximate surface area is 197 Å². The summed E-state index contributed by atoms with van der Waals surface area (Å²) in [6.07, 6.45) is -3.36. The van der Waals surface area contributed by atoms with Crippen molar-refractivity contribution in [3.63, 3.8) is 0 Å². The van der Waals surface area contributed by atoms with E-state index in [9.17, 15) is 21.8 Å². The van der Waals surface area contributed by atoms with E-state index in [4.69, 9.17) is 11.6 Å². The molecule has 0 spiro atoms. The number of nitrogens with one attached hydrogen (secondary N) is 1. The predicted molar refractivity (Wildman–Crippen MR) is 123 cm³/mol. The smallest absolute Gasteiger partial charge is 0.257 e. The number of nitrogens with zero attached hydrogens (tertiary/aromatic N) is 1. The fourth-order valence-corrected chi connectivity index (χ4v) is 4.36. The molecule has 33 heavy (non-hydrogen) atoms. The maximum atomic E-state index is 14.5. The third-order valence-corrected chi connectivity index (χ3v) is 6.89. The van der Waals surface area contributed by atoms with E-state index in [1.54, 1.807) is 51.1 Å². The highest BCUT2D eigenvalue weighted by molar-refractivity contribution is 7.84. The molecule has 0 aliphatic rings. The summed E-state index contributed by atoms with van der Waals surface area (Å²) in [5.41, 5.74) is -1.76. The number of hydrogen-bond donors (Lipinski definition) is 1. The number of hydrogen-bond acceptors (Lipinski definition) is 2. The summed E-state index contributed by atoms with van der Waals surface area (Å²) < 4.78 is 70.8. The Kier molecular flexibility index (Phi) is 7.31. The number of halogens is 5. The first kappa shape index (κ1) is 25.3. The van der Waals surface area contributed by atoms with Crippen LogP contribution in [0.15, 0.2) is 66.9 Å². The molecule has 0 amide bonds. The monoisotopic (exact) mass is 498 g/mol. The quantitative estimate of drug-likeness (QED) is 0.398. The van der Waals surface area contributed by atoms with Gasteiger partial charge < -0.3 is 0 Å². The predicted octanol–water partition coefficient (Wildman–Crippen LogP) is 6.43. The van der Waals surface area contributed by atoms with Crippen LogP contribution in [0.4, 0.5) is 17.6 Å². The Bertz CT molecular complexity index is 1130. The molecule has 1 aromatic heterocycles. The topological polar surface area (TPSA) is 42.0 Å². The zero-order valence-electron chi connectivity index (χ0n) is 18.2. The zero-order chi connectivity index (χ0) is 24.4. The molecule has 1 heterocycles. The lowest BCUT2D eigenvalue weighted by Gasteiger charge is -2.37. The van der Waals surface area contributed by atoms with Crippen LogP contribution >= 0.6 is 11.6 Å². The summed E-state index contributed by atoms with van der Waals surface area (Å²) in [5.74, 6) is -1.06. The minimum atomic E-state index is -4.77. The van der Waals surface area contributed by atoms with Gasteiger partial charge in [0.25, 0.3) is 0 Å². The maximum Gasteiger partial charge on any atom is 0.416 e. The van der Waals surface area contributed by atoms with E-state index in [-0.39, 0.29) is 17.7 Å². The van der Waals surface area contributed by atoms with E-state index >= 15 is 0 Å². The molecule has 0 bridgehead atoms. The minimum Gasteiger partial charge on any atom is -0.257 e. The van der Waals surface area contributed by atoms with Crippen LogP contribution in [0.2, 0.25) is 5.02 Å². The fourth-order valence-electron chi connectivity index (χ4n) is 3.33. The van der Waals surface area contributed by atoms with E-state index in [0.29, 0.717) is 11.1 Å². The standard InChI is InChI=1S/C24H23ClF4N2OS/c1-22(2,3)33(32)31-23(14-16-7-5-4-6-8-16,21-10-9-19(25)15-30-21)17-11-18(24(27,28)29)13-20(26)12-17/h4-13,15,31H,14H2,1-3H3. The number of pyridine rings is 1. The number of alkyl halides is 3. The molecule has 3 rings (SSSR count). The largest absolute Gasteiger partial charge is 0.416 e. The van der Waals surface area contributed by atoms with Gasteiger partial charge in [-0.3, -0.25) is 4.98 Å². The van der Waals surface area contributed by atoms with Crippen molar-refractivity contribution in [1.82, 2.24) is 9.71 Å². The minimum absolute atomic E-state index is 0.0499. The van der Waals surface area contributed by atoms with Crippen molar-refractivity contribution in [2.75, 3.05) is 0 Å². The van der Waals surface area contributed by atoms with Crippen LogP contribution in [0.1, 0.15) is 43.2 Å². The van der Waals surface area contributed by atoms with Crippen molar-refractivity contribution in [2.45, 2.75) is 43.7 Å². The molecule has 1 N–H and O–H groups in total. The molecule has 176 valence electrons. The first-order valence-electron chi connectivity index (χ1n) is 10.1. The Morgan fingerprint density at radius 3 is 2.15 bits per heavy atom. The second-order valence-electron chi connectivity index (χ2n) is 8.64. The first-order valence-corrected chi connectivity index (χ1v) is 11.6. The van der Waals surface area contributed by atoms with E-state index in [1.807, 2.05) is 0 Å². The Balaban J connectivity index is 2.34. The molecule has 0 aliphatic heterocycles. The molecule has 0 radical (unpaired) electrons. The van der Waals surface area contributed by atoms with Crippen LogP contribution in [-0.4, -0.2) is 13.9 Å². The molecular weight excluding hydrogens is 476 g/mol. The van der Waals surface area contributed by atoms with Gasteiger partial charge in [-0.2, -0.15) is 13.2 Å². The van der Waals surface area contributed by atoms with Crippen LogP contribution in [0.3, 0.4) is 0 Å². The summed E-state index contributed by atoms with van der Waals surface area (Å²) in [5, 5.41) is 0.319. The highest BCUT2D eigenvalue weighted by Crippen LogP contribution is 2.38. The van der Waals surface area contributed by atoms with Gasteiger partial charge in [-0.05, 0) is 62.2 Å². The average Bonchev–Trinajstić information content (AvgIpc) is 2.72.